The van der Waals surface area contributed by atoms with Crippen molar-refractivity contribution in [3.8, 4) is 0 Å². The normalized spacial score (nSPS) is 12.7. The molecular formula is C13H18F2N2O4. The van der Waals surface area contributed by atoms with Crippen molar-refractivity contribution in [3.63, 3.8) is 0 Å². The molecule has 8 heteroatoms. The van der Waals surface area contributed by atoms with Gasteiger partial charge in [0.15, 0.2) is 0 Å². The standard InChI is InChI=1S/C13H18F2N2O4/c1-7(12(18)19)11-8(2)16-13(20)17(9(11)3)4-5-21-6-10(14)15/h7,10H,4-6H2,1-3H3,(H,18,19). The Morgan fingerprint density at radius 2 is 2.05 bits per heavy atom. The molecule has 0 radical (unpaired) electrons. The van der Waals surface area contributed by atoms with E-state index in [2.05, 4.69) is 4.98 Å². The van der Waals surface area contributed by atoms with Crippen molar-refractivity contribution in [2.45, 2.75) is 39.7 Å². The van der Waals surface area contributed by atoms with E-state index >= 15 is 0 Å². The fourth-order valence-electron chi connectivity index (χ4n) is 2.16. The zero-order chi connectivity index (χ0) is 16.2. The second-order valence-corrected chi connectivity index (χ2v) is 4.66. The number of ether oxygens (including phenoxy) is 1. The van der Waals surface area contributed by atoms with Crippen LogP contribution in [0.25, 0.3) is 0 Å². The summed E-state index contributed by atoms with van der Waals surface area (Å²) in [7, 11) is 0. The summed E-state index contributed by atoms with van der Waals surface area (Å²) in [6.07, 6.45) is -2.57. The van der Waals surface area contributed by atoms with Crippen LogP contribution in [0.3, 0.4) is 0 Å². The van der Waals surface area contributed by atoms with Crippen molar-refractivity contribution >= 4 is 5.97 Å². The lowest BCUT2D eigenvalue weighted by Crippen LogP contribution is -2.31. The summed E-state index contributed by atoms with van der Waals surface area (Å²) in [6.45, 7) is 3.95. The molecule has 0 saturated heterocycles. The van der Waals surface area contributed by atoms with Crippen molar-refractivity contribution in [2.24, 2.45) is 0 Å². The summed E-state index contributed by atoms with van der Waals surface area (Å²) in [6, 6.07) is 0. The van der Waals surface area contributed by atoms with Crippen LogP contribution in [0.4, 0.5) is 8.78 Å². The van der Waals surface area contributed by atoms with E-state index < -0.39 is 30.6 Å². The quantitative estimate of drug-likeness (QED) is 0.769. The first-order chi connectivity index (χ1) is 9.75. The van der Waals surface area contributed by atoms with E-state index in [1.54, 1.807) is 13.8 Å². The van der Waals surface area contributed by atoms with E-state index in [-0.39, 0.29) is 13.2 Å². The number of alkyl halides is 2. The number of aryl methyl sites for hydroxylation is 1. The van der Waals surface area contributed by atoms with Gasteiger partial charge in [-0.2, -0.15) is 4.98 Å². The fraction of sp³-hybridized carbons (Fsp3) is 0.615. The molecule has 1 atom stereocenters. The molecule has 0 aliphatic heterocycles. The first kappa shape index (κ1) is 17.2. The van der Waals surface area contributed by atoms with Gasteiger partial charge in [-0.25, -0.2) is 13.6 Å². The van der Waals surface area contributed by atoms with Crippen molar-refractivity contribution < 1.29 is 23.4 Å². The first-order valence-electron chi connectivity index (χ1n) is 6.42. The fourth-order valence-corrected chi connectivity index (χ4v) is 2.16. The topological polar surface area (TPSA) is 81.4 Å². The van der Waals surface area contributed by atoms with E-state index in [0.29, 0.717) is 17.0 Å². The number of carbonyl (C=O) groups is 1. The molecule has 6 nitrogen and oxygen atoms in total. The number of hydrogen-bond acceptors (Lipinski definition) is 4. The highest BCUT2D eigenvalue weighted by molar-refractivity contribution is 5.76. The maximum Gasteiger partial charge on any atom is 0.348 e. The van der Waals surface area contributed by atoms with Crippen LogP contribution in [0.15, 0.2) is 4.79 Å². The maximum absolute atomic E-state index is 12.0. The van der Waals surface area contributed by atoms with Crippen LogP contribution in [0, 0.1) is 13.8 Å². The second kappa shape index (κ2) is 7.26. The molecule has 1 unspecified atom stereocenters. The minimum Gasteiger partial charge on any atom is -0.481 e. The molecular weight excluding hydrogens is 286 g/mol. The smallest absolute Gasteiger partial charge is 0.348 e. The highest BCUT2D eigenvalue weighted by atomic mass is 19.3. The number of rotatable bonds is 7. The number of hydrogen-bond donors (Lipinski definition) is 1. The first-order valence-corrected chi connectivity index (χ1v) is 6.42. The lowest BCUT2D eigenvalue weighted by molar-refractivity contribution is -0.138. The SMILES string of the molecule is Cc1nc(=O)n(CCOCC(F)F)c(C)c1C(C)C(=O)O. The average Bonchev–Trinajstić information content (AvgIpc) is 2.36. The van der Waals surface area contributed by atoms with Crippen LogP contribution in [-0.4, -0.2) is 40.3 Å². The molecule has 0 aliphatic carbocycles. The Morgan fingerprint density at radius 1 is 1.43 bits per heavy atom. The predicted octanol–water partition coefficient (Wildman–Crippen LogP) is 1.33. The molecule has 1 aromatic heterocycles. The Morgan fingerprint density at radius 3 is 2.57 bits per heavy atom. The van der Waals surface area contributed by atoms with Gasteiger partial charge in [-0.1, -0.05) is 0 Å². The Labute approximate surface area is 120 Å². The number of aromatic nitrogens is 2. The third-order valence-corrected chi connectivity index (χ3v) is 3.19. The summed E-state index contributed by atoms with van der Waals surface area (Å²) >= 11 is 0. The van der Waals surface area contributed by atoms with Gasteiger partial charge in [-0.05, 0) is 20.8 Å². The van der Waals surface area contributed by atoms with E-state index in [4.69, 9.17) is 9.84 Å². The van der Waals surface area contributed by atoms with Gasteiger partial charge in [-0.3, -0.25) is 9.36 Å². The molecule has 118 valence electrons. The number of aliphatic carboxylic acids is 1. The summed E-state index contributed by atoms with van der Waals surface area (Å²) < 4.78 is 29.9. The van der Waals surface area contributed by atoms with Crippen LogP contribution >= 0.6 is 0 Å². The molecule has 0 saturated carbocycles. The molecule has 0 amide bonds. The van der Waals surface area contributed by atoms with Gasteiger partial charge in [0.2, 0.25) is 0 Å². The highest BCUT2D eigenvalue weighted by Gasteiger charge is 2.22. The molecule has 0 fully saturated rings. The molecule has 0 aliphatic rings. The molecule has 1 N–H and O–H groups in total. The van der Waals surface area contributed by atoms with E-state index in [1.165, 1.54) is 11.5 Å². The van der Waals surface area contributed by atoms with E-state index in [1.807, 2.05) is 0 Å². The number of carboxylic acid groups (broad SMARTS) is 1. The summed E-state index contributed by atoms with van der Waals surface area (Å²) in [5.74, 6) is -1.84. The molecule has 1 aromatic rings. The van der Waals surface area contributed by atoms with Gasteiger partial charge >= 0.3 is 11.7 Å². The van der Waals surface area contributed by atoms with Crippen molar-refractivity contribution in [2.75, 3.05) is 13.2 Å². The van der Waals surface area contributed by atoms with Gasteiger partial charge in [0, 0.05) is 17.0 Å². The van der Waals surface area contributed by atoms with Crippen molar-refractivity contribution in [1.29, 1.82) is 0 Å². The van der Waals surface area contributed by atoms with Gasteiger partial charge in [0.25, 0.3) is 6.43 Å². The van der Waals surface area contributed by atoms with Crippen LogP contribution < -0.4 is 5.69 Å². The van der Waals surface area contributed by atoms with Crippen molar-refractivity contribution in [1.82, 2.24) is 9.55 Å². The Hall–Kier alpha value is -1.83. The summed E-state index contributed by atoms with van der Waals surface area (Å²) in [5.41, 5.74) is 0.725. The molecule has 0 bridgehead atoms. The zero-order valence-electron chi connectivity index (χ0n) is 12.1. The van der Waals surface area contributed by atoms with Crippen LogP contribution in [0.1, 0.15) is 29.8 Å². The minimum absolute atomic E-state index is 0.0456. The molecule has 21 heavy (non-hydrogen) atoms. The number of nitrogens with zero attached hydrogens (tertiary/aromatic N) is 2. The van der Waals surface area contributed by atoms with Gasteiger partial charge < -0.3 is 9.84 Å². The third-order valence-electron chi connectivity index (χ3n) is 3.19. The summed E-state index contributed by atoms with van der Waals surface area (Å²) in [4.78, 5) is 26.7. The highest BCUT2D eigenvalue weighted by Crippen LogP contribution is 2.21. The van der Waals surface area contributed by atoms with Crippen LogP contribution in [0.5, 0.6) is 0 Å². The largest absolute Gasteiger partial charge is 0.481 e. The van der Waals surface area contributed by atoms with E-state index in [9.17, 15) is 18.4 Å². The lowest BCUT2D eigenvalue weighted by atomic mass is 9.98. The second-order valence-electron chi connectivity index (χ2n) is 4.66. The third kappa shape index (κ3) is 4.32. The Bertz CT molecular complexity index is 572. The molecule has 0 aromatic carbocycles. The van der Waals surface area contributed by atoms with Gasteiger partial charge in [-0.15, -0.1) is 0 Å². The number of carboxylic acids is 1. The van der Waals surface area contributed by atoms with Crippen LogP contribution in [-0.2, 0) is 16.1 Å². The molecule has 1 heterocycles. The van der Waals surface area contributed by atoms with Gasteiger partial charge in [0.1, 0.15) is 6.61 Å². The summed E-state index contributed by atoms with van der Waals surface area (Å²) in [5, 5.41) is 9.10. The van der Waals surface area contributed by atoms with Gasteiger partial charge in [0.05, 0.1) is 19.1 Å². The predicted molar refractivity (Wildman–Crippen MR) is 70.8 cm³/mol. The molecule has 1 rings (SSSR count). The van der Waals surface area contributed by atoms with Crippen LogP contribution in [0.2, 0.25) is 0 Å². The monoisotopic (exact) mass is 304 g/mol. The zero-order valence-corrected chi connectivity index (χ0v) is 12.1. The number of halogens is 2. The van der Waals surface area contributed by atoms with E-state index in [0.717, 1.165) is 0 Å². The lowest BCUT2D eigenvalue weighted by Gasteiger charge is -2.18. The maximum atomic E-state index is 12.0. The molecule has 0 spiro atoms. The Kier molecular flexibility index (Phi) is 5.95. The average molecular weight is 304 g/mol. The van der Waals surface area contributed by atoms with Crippen molar-refractivity contribution in [3.05, 3.63) is 27.4 Å². The minimum atomic E-state index is -2.57. The Balaban J connectivity index is 3.02.